The first-order valence-corrected chi connectivity index (χ1v) is 6.49. The molecule has 0 amide bonds. The summed E-state index contributed by atoms with van der Waals surface area (Å²) in [6, 6.07) is 12.8. The molecule has 0 atom stereocenters. The number of carbonyl (C=O) groups is 1. The molecule has 0 aromatic heterocycles. The first-order chi connectivity index (χ1) is 9.06. The van der Waals surface area contributed by atoms with Crippen molar-refractivity contribution in [2.24, 2.45) is 0 Å². The van der Waals surface area contributed by atoms with Gasteiger partial charge in [-0.3, -0.25) is 4.79 Å². The first kappa shape index (κ1) is 13.9. The Labute approximate surface area is 122 Å². The third-order valence-corrected chi connectivity index (χ3v) is 3.17. The molecule has 0 bridgehead atoms. The van der Waals surface area contributed by atoms with E-state index >= 15 is 0 Å². The predicted molar refractivity (Wildman–Crippen MR) is 75.7 cm³/mol. The van der Waals surface area contributed by atoms with Gasteiger partial charge < -0.3 is 4.74 Å². The van der Waals surface area contributed by atoms with Gasteiger partial charge in [0.2, 0.25) is 0 Å². The summed E-state index contributed by atoms with van der Waals surface area (Å²) in [6.07, 6.45) is 0. The molecule has 0 saturated heterocycles. The summed E-state index contributed by atoms with van der Waals surface area (Å²) in [5, 5.41) is 0. The lowest BCUT2D eigenvalue weighted by Crippen LogP contribution is -2.04. The molecule has 2 rings (SSSR count). The normalized spacial score (nSPS) is 10.5. The number of hydrogen-bond donors (Lipinski definition) is 0. The van der Waals surface area contributed by atoms with E-state index in [0.29, 0.717) is 11.1 Å². The lowest BCUT2D eigenvalue weighted by atomic mass is 10.0. The number of carbonyl (C=O) groups excluding carboxylic acids is 1. The Kier molecular flexibility index (Phi) is 4.47. The third-order valence-electron chi connectivity index (χ3n) is 2.45. The number of halogens is 3. The van der Waals surface area contributed by atoms with Gasteiger partial charge in [-0.2, -0.15) is 8.78 Å². The molecule has 2 aromatic carbocycles. The third kappa shape index (κ3) is 3.73. The number of ether oxygens (including phenoxy) is 1. The fraction of sp³-hybridized carbons (Fsp3) is 0.0714. The van der Waals surface area contributed by atoms with Crippen LogP contribution < -0.4 is 4.74 Å². The van der Waals surface area contributed by atoms with Crippen LogP contribution in [0.15, 0.2) is 48.5 Å². The predicted octanol–water partition coefficient (Wildman–Crippen LogP) is 4.12. The summed E-state index contributed by atoms with van der Waals surface area (Å²) >= 11 is 2.15. The van der Waals surface area contributed by atoms with Crippen LogP contribution in [0.4, 0.5) is 8.78 Å². The Hall–Kier alpha value is -1.50. The highest BCUT2D eigenvalue weighted by atomic mass is 127. The summed E-state index contributed by atoms with van der Waals surface area (Å²) in [6.45, 7) is -2.86. The van der Waals surface area contributed by atoms with Crippen molar-refractivity contribution in [2.75, 3.05) is 0 Å². The van der Waals surface area contributed by atoms with E-state index in [1.54, 1.807) is 12.1 Å². The largest absolute Gasteiger partial charge is 0.435 e. The van der Waals surface area contributed by atoms with Crippen molar-refractivity contribution in [2.45, 2.75) is 6.61 Å². The topological polar surface area (TPSA) is 26.3 Å². The molecule has 5 heteroatoms. The standard InChI is InChI=1S/C14H9F2IO2/c15-14(16)19-12-7-3-10(4-8-12)13(18)9-1-5-11(17)6-2-9/h1-8,14H. The minimum Gasteiger partial charge on any atom is -0.435 e. The van der Waals surface area contributed by atoms with Crippen LogP contribution in [0.5, 0.6) is 5.75 Å². The first-order valence-electron chi connectivity index (χ1n) is 5.41. The van der Waals surface area contributed by atoms with Crippen LogP contribution in [0.2, 0.25) is 0 Å². The van der Waals surface area contributed by atoms with Gasteiger partial charge in [0.05, 0.1) is 0 Å². The van der Waals surface area contributed by atoms with Gasteiger partial charge in [0, 0.05) is 14.7 Å². The summed E-state index contributed by atoms with van der Waals surface area (Å²) in [4.78, 5) is 12.1. The highest BCUT2D eigenvalue weighted by molar-refractivity contribution is 14.1. The number of rotatable bonds is 4. The average molecular weight is 374 g/mol. The number of benzene rings is 2. The maximum Gasteiger partial charge on any atom is 0.387 e. The average Bonchev–Trinajstić information content (AvgIpc) is 2.39. The molecule has 0 fully saturated rings. The van der Waals surface area contributed by atoms with E-state index in [9.17, 15) is 13.6 Å². The minimum atomic E-state index is -2.86. The van der Waals surface area contributed by atoms with Gasteiger partial charge in [-0.05, 0) is 71.1 Å². The van der Waals surface area contributed by atoms with E-state index in [1.807, 2.05) is 12.1 Å². The Morgan fingerprint density at radius 1 is 0.947 bits per heavy atom. The summed E-state index contributed by atoms with van der Waals surface area (Å²) in [5.74, 6) is -0.117. The second kappa shape index (κ2) is 6.10. The van der Waals surface area contributed by atoms with E-state index in [2.05, 4.69) is 27.3 Å². The number of alkyl halides is 2. The lowest BCUT2D eigenvalue weighted by molar-refractivity contribution is -0.0498. The number of ketones is 1. The van der Waals surface area contributed by atoms with E-state index < -0.39 is 6.61 Å². The molecule has 0 N–H and O–H groups in total. The fourth-order valence-corrected chi connectivity index (χ4v) is 1.92. The molecule has 0 saturated carbocycles. The van der Waals surface area contributed by atoms with E-state index in [0.717, 1.165) is 3.57 Å². The Balaban J connectivity index is 2.17. The molecular formula is C14H9F2IO2. The van der Waals surface area contributed by atoms with E-state index in [-0.39, 0.29) is 11.5 Å². The minimum absolute atomic E-state index is 0.0363. The van der Waals surface area contributed by atoms with Crippen LogP contribution in [-0.4, -0.2) is 12.4 Å². The van der Waals surface area contributed by atoms with E-state index in [1.165, 1.54) is 24.3 Å². The maximum atomic E-state index is 12.1. The van der Waals surface area contributed by atoms with Crippen LogP contribution in [0.1, 0.15) is 15.9 Å². The van der Waals surface area contributed by atoms with Gasteiger partial charge >= 0.3 is 6.61 Å². The summed E-state index contributed by atoms with van der Waals surface area (Å²) < 4.78 is 29.2. The van der Waals surface area contributed by atoms with Gasteiger partial charge in [0.15, 0.2) is 5.78 Å². The van der Waals surface area contributed by atoms with E-state index in [4.69, 9.17) is 0 Å². The second-order valence-electron chi connectivity index (χ2n) is 3.74. The molecule has 2 aromatic rings. The van der Waals surface area contributed by atoms with Crippen molar-refractivity contribution < 1.29 is 18.3 Å². The van der Waals surface area contributed by atoms with Crippen molar-refractivity contribution in [1.82, 2.24) is 0 Å². The zero-order valence-corrected chi connectivity index (χ0v) is 11.8. The zero-order chi connectivity index (χ0) is 13.8. The molecule has 19 heavy (non-hydrogen) atoms. The zero-order valence-electron chi connectivity index (χ0n) is 9.65. The molecule has 0 heterocycles. The Morgan fingerprint density at radius 3 is 1.89 bits per heavy atom. The quantitative estimate of drug-likeness (QED) is 0.595. The van der Waals surface area contributed by atoms with Crippen molar-refractivity contribution in [1.29, 1.82) is 0 Å². The molecule has 0 radical (unpaired) electrons. The van der Waals surface area contributed by atoms with Crippen LogP contribution in [-0.2, 0) is 0 Å². The fourth-order valence-electron chi connectivity index (χ4n) is 1.56. The maximum absolute atomic E-state index is 12.1. The highest BCUT2D eigenvalue weighted by Crippen LogP contribution is 2.17. The molecule has 0 aliphatic carbocycles. The molecule has 2 nitrogen and oxygen atoms in total. The highest BCUT2D eigenvalue weighted by Gasteiger charge is 2.10. The molecule has 98 valence electrons. The van der Waals surface area contributed by atoms with Crippen LogP contribution in [0.25, 0.3) is 0 Å². The van der Waals surface area contributed by atoms with Gasteiger partial charge in [0.25, 0.3) is 0 Å². The van der Waals surface area contributed by atoms with Gasteiger partial charge in [-0.25, -0.2) is 0 Å². The van der Waals surface area contributed by atoms with Gasteiger partial charge in [-0.1, -0.05) is 0 Å². The lowest BCUT2D eigenvalue weighted by Gasteiger charge is -2.05. The van der Waals surface area contributed by atoms with Crippen LogP contribution >= 0.6 is 22.6 Å². The Bertz CT molecular complexity index is 565. The van der Waals surface area contributed by atoms with Crippen molar-refractivity contribution >= 4 is 28.4 Å². The van der Waals surface area contributed by atoms with Crippen molar-refractivity contribution in [3.63, 3.8) is 0 Å². The summed E-state index contributed by atoms with van der Waals surface area (Å²) in [7, 11) is 0. The molecule has 0 spiro atoms. The van der Waals surface area contributed by atoms with Gasteiger partial charge in [-0.15, -0.1) is 0 Å². The van der Waals surface area contributed by atoms with Crippen LogP contribution in [0.3, 0.4) is 0 Å². The monoisotopic (exact) mass is 374 g/mol. The second-order valence-corrected chi connectivity index (χ2v) is 4.98. The molecule has 0 unspecified atom stereocenters. The summed E-state index contributed by atoms with van der Waals surface area (Å²) in [5.41, 5.74) is 0.991. The molecule has 0 aliphatic heterocycles. The molecular weight excluding hydrogens is 365 g/mol. The van der Waals surface area contributed by atoms with Crippen LogP contribution in [0, 0.1) is 3.57 Å². The van der Waals surface area contributed by atoms with Gasteiger partial charge in [0.1, 0.15) is 5.75 Å². The van der Waals surface area contributed by atoms with Crippen molar-refractivity contribution in [3.05, 3.63) is 63.2 Å². The number of hydrogen-bond acceptors (Lipinski definition) is 2. The molecule has 0 aliphatic rings. The van der Waals surface area contributed by atoms with Crippen molar-refractivity contribution in [3.8, 4) is 5.75 Å². The smallest absolute Gasteiger partial charge is 0.387 e. The Morgan fingerprint density at radius 2 is 1.42 bits per heavy atom. The SMILES string of the molecule is O=C(c1ccc(I)cc1)c1ccc(OC(F)F)cc1.